The second-order valence-electron chi connectivity index (χ2n) is 5.48. The molecule has 0 saturated carbocycles. The number of nitrogens with one attached hydrogen (secondary N) is 1. The molecule has 0 amide bonds. The Bertz CT molecular complexity index is 513. The molecule has 3 heteroatoms. The highest BCUT2D eigenvalue weighted by Crippen LogP contribution is 2.16. The summed E-state index contributed by atoms with van der Waals surface area (Å²) in [6, 6.07) is 11.0. The molecule has 0 aliphatic heterocycles. The highest BCUT2D eigenvalue weighted by molar-refractivity contribution is 5.25. The van der Waals surface area contributed by atoms with E-state index < -0.39 is 0 Å². The van der Waals surface area contributed by atoms with E-state index in [1.807, 2.05) is 16.9 Å². The van der Waals surface area contributed by atoms with Crippen LogP contribution >= 0.6 is 0 Å². The fourth-order valence-corrected chi connectivity index (χ4v) is 2.30. The van der Waals surface area contributed by atoms with Crippen molar-refractivity contribution in [3.8, 4) is 0 Å². The van der Waals surface area contributed by atoms with E-state index in [-0.39, 0.29) is 0 Å². The summed E-state index contributed by atoms with van der Waals surface area (Å²) in [6.45, 7) is 9.55. The lowest BCUT2D eigenvalue weighted by molar-refractivity contribution is 0.608. The molecule has 1 N–H and O–H groups in total. The third-order valence-corrected chi connectivity index (χ3v) is 3.69. The van der Waals surface area contributed by atoms with Gasteiger partial charge in [0.05, 0.1) is 6.54 Å². The van der Waals surface area contributed by atoms with Crippen molar-refractivity contribution >= 4 is 0 Å². The Kier molecular flexibility index (Phi) is 5.36. The van der Waals surface area contributed by atoms with Gasteiger partial charge in [0.1, 0.15) is 0 Å². The Morgan fingerprint density at radius 3 is 2.55 bits per heavy atom. The van der Waals surface area contributed by atoms with Gasteiger partial charge < -0.3 is 5.32 Å². The van der Waals surface area contributed by atoms with Gasteiger partial charge >= 0.3 is 0 Å². The summed E-state index contributed by atoms with van der Waals surface area (Å²) in [6.07, 6.45) is 3.04. The van der Waals surface area contributed by atoms with E-state index in [1.165, 1.54) is 23.2 Å². The molecule has 0 fully saturated rings. The zero-order valence-electron chi connectivity index (χ0n) is 12.8. The molecule has 1 aromatic heterocycles. The first-order chi connectivity index (χ1) is 9.70. The van der Waals surface area contributed by atoms with E-state index in [1.54, 1.807) is 0 Å². The molecular weight excluding hydrogens is 246 g/mol. The number of aromatic nitrogens is 2. The van der Waals surface area contributed by atoms with Crippen LogP contribution in [0.1, 0.15) is 43.0 Å². The Balaban J connectivity index is 1.94. The minimum atomic E-state index is 0.557. The number of hydrogen-bond donors (Lipinski definition) is 1. The summed E-state index contributed by atoms with van der Waals surface area (Å²) < 4.78 is 2.03. The van der Waals surface area contributed by atoms with Crippen LogP contribution in [0.5, 0.6) is 0 Å². The number of benzene rings is 1. The highest BCUT2D eigenvalue weighted by Gasteiger charge is 2.05. The summed E-state index contributed by atoms with van der Waals surface area (Å²) in [5, 5.41) is 7.80. The first-order valence-electron chi connectivity index (χ1n) is 7.48. The van der Waals surface area contributed by atoms with Gasteiger partial charge in [-0.25, -0.2) is 0 Å². The second kappa shape index (κ2) is 7.25. The largest absolute Gasteiger partial charge is 0.316 e. The molecule has 108 valence electrons. The van der Waals surface area contributed by atoms with Crippen LogP contribution in [-0.2, 0) is 6.54 Å². The topological polar surface area (TPSA) is 29.9 Å². The van der Waals surface area contributed by atoms with Gasteiger partial charge in [0.25, 0.3) is 0 Å². The quantitative estimate of drug-likeness (QED) is 0.783. The monoisotopic (exact) mass is 271 g/mol. The van der Waals surface area contributed by atoms with E-state index in [0.29, 0.717) is 5.92 Å². The molecular formula is C17H25N3. The van der Waals surface area contributed by atoms with Crippen LogP contribution in [0.4, 0.5) is 0 Å². The van der Waals surface area contributed by atoms with Crippen LogP contribution in [-0.4, -0.2) is 22.9 Å². The van der Waals surface area contributed by atoms with Gasteiger partial charge in [-0.3, -0.25) is 4.68 Å². The van der Waals surface area contributed by atoms with Crippen LogP contribution in [0, 0.1) is 6.92 Å². The number of rotatable bonds is 7. The van der Waals surface area contributed by atoms with Crippen molar-refractivity contribution < 1.29 is 0 Å². The Morgan fingerprint density at radius 2 is 1.95 bits per heavy atom. The van der Waals surface area contributed by atoms with Crippen LogP contribution in [0.25, 0.3) is 0 Å². The molecule has 1 atom stereocenters. The molecule has 1 heterocycles. The van der Waals surface area contributed by atoms with Crippen molar-refractivity contribution in [3.05, 3.63) is 53.3 Å². The van der Waals surface area contributed by atoms with Crippen LogP contribution in [0.3, 0.4) is 0 Å². The van der Waals surface area contributed by atoms with Crippen molar-refractivity contribution in [2.45, 2.75) is 39.7 Å². The second-order valence-corrected chi connectivity index (χ2v) is 5.48. The first kappa shape index (κ1) is 14.8. The molecule has 0 saturated heterocycles. The van der Waals surface area contributed by atoms with Gasteiger partial charge in [-0.1, -0.05) is 38.1 Å². The van der Waals surface area contributed by atoms with Crippen LogP contribution < -0.4 is 5.32 Å². The molecule has 0 aliphatic carbocycles. The van der Waals surface area contributed by atoms with E-state index >= 15 is 0 Å². The van der Waals surface area contributed by atoms with Gasteiger partial charge in [-0.2, -0.15) is 5.10 Å². The fraction of sp³-hybridized carbons (Fsp3) is 0.471. The maximum atomic E-state index is 4.33. The molecule has 20 heavy (non-hydrogen) atoms. The fourth-order valence-electron chi connectivity index (χ4n) is 2.30. The van der Waals surface area contributed by atoms with Crippen molar-refractivity contribution in [1.82, 2.24) is 15.1 Å². The Labute approximate surface area is 122 Å². The first-order valence-corrected chi connectivity index (χ1v) is 7.48. The maximum Gasteiger partial charge on any atom is 0.0662 e. The summed E-state index contributed by atoms with van der Waals surface area (Å²) in [7, 11) is 0. The van der Waals surface area contributed by atoms with Gasteiger partial charge in [-0.05, 0) is 43.0 Å². The zero-order chi connectivity index (χ0) is 14.4. The Morgan fingerprint density at radius 1 is 1.20 bits per heavy atom. The minimum Gasteiger partial charge on any atom is -0.316 e. The third-order valence-electron chi connectivity index (χ3n) is 3.69. The molecule has 0 spiro atoms. The summed E-state index contributed by atoms with van der Waals surface area (Å²) in [4.78, 5) is 0. The lowest BCUT2D eigenvalue weighted by Gasteiger charge is -2.13. The van der Waals surface area contributed by atoms with Gasteiger partial charge in [-0.15, -0.1) is 0 Å². The molecule has 2 rings (SSSR count). The van der Waals surface area contributed by atoms with Crippen molar-refractivity contribution in [2.75, 3.05) is 13.1 Å². The Hall–Kier alpha value is -1.61. The summed E-state index contributed by atoms with van der Waals surface area (Å²) in [5.74, 6) is 0.557. The molecule has 2 aromatic rings. The summed E-state index contributed by atoms with van der Waals surface area (Å²) >= 11 is 0. The normalized spacial score (nSPS) is 12.6. The van der Waals surface area contributed by atoms with Crippen molar-refractivity contribution in [1.29, 1.82) is 0 Å². The maximum absolute atomic E-state index is 4.33. The van der Waals surface area contributed by atoms with Gasteiger partial charge in [0.2, 0.25) is 0 Å². The minimum absolute atomic E-state index is 0.557. The van der Waals surface area contributed by atoms with E-state index in [0.717, 1.165) is 19.6 Å². The predicted molar refractivity (Wildman–Crippen MR) is 84.1 cm³/mol. The lowest BCUT2D eigenvalue weighted by atomic mass is 10.00. The standard InChI is InChI=1S/C17H25N3/c1-4-10-18-12-14(2)17-7-5-16(6-8-17)13-20-15(3)9-11-19-20/h5-9,11,14,18H,4,10,12-13H2,1-3H3. The van der Waals surface area contributed by atoms with E-state index in [9.17, 15) is 0 Å². The van der Waals surface area contributed by atoms with Crippen LogP contribution in [0.2, 0.25) is 0 Å². The molecule has 1 unspecified atom stereocenters. The average Bonchev–Trinajstić information content (AvgIpc) is 2.85. The third kappa shape index (κ3) is 3.94. The number of nitrogens with zero attached hydrogens (tertiary/aromatic N) is 2. The molecule has 1 aromatic carbocycles. The zero-order valence-corrected chi connectivity index (χ0v) is 12.8. The van der Waals surface area contributed by atoms with Crippen LogP contribution in [0.15, 0.2) is 36.5 Å². The molecule has 0 radical (unpaired) electrons. The number of aryl methyl sites for hydroxylation is 1. The average molecular weight is 271 g/mol. The predicted octanol–water partition coefficient (Wildman–Crippen LogP) is 3.34. The van der Waals surface area contributed by atoms with Gasteiger partial charge in [0, 0.05) is 18.4 Å². The SMILES string of the molecule is CCCNCC(C)c1ccc(Cn2nccc2C)cc1. The smallest absolute Gasteiger partial charge is 0.0662 e. The summed E-state index contributed by atoms with van der Waals surface area (Å²) in [5.41, 5.74) is 3.90. The molecule has 3 nitrogen and oxygen atoms in total. The van der Waals surface area contributed by atoms with Crippen molar-refractivity contribution in [2.24, 2.45) is 0 Å². The lowest BCUT2D eigenvalue weighted by Crippen LogP contribution is -2.20. The highest BCUT2D eigenvalue weighted by atomic mass is 15.3. The van der Waals surface area contributed by atoms with Gasteiger partial charge in [0.15, 0.2) is 0 Å². The number of hydrogen-bond acceptors (Lipinski definition) is 2. The van der Waals surface area contributed by atoms with Crippen molar-refractivity contribution in [3.63, 3.8) is 0 Å². The van der Waals surface area contributed by atoms with E-state index in [2.05, 4.69) is 55.5 Å². The van der Waals surface area contributed by atoms with E-state index in [4.69, 9.17) is 0 Å². The molecule has 0 bridgehead atoms. The molecule has 0 aliphatic rings.